The first-order chi connectivity index (χ1) is 13.0. The molecule has 28 heavy (non-hydrogen) atoms. The van der Waals surface area contributed by atoms with Crippen LogP contribution in [0.2, 0.25) is 0 Å². The van der Waals surface area contributed by atoms with E-state index in [9.17, 15) is 30.0 Å². The van der Waals surface area contributed by atoms with Crippen LogP contribution in [0.1, 0.15) is 19.4 Å². The lowest BCUT2D eigenvalue weighted by Crippen LogP contribution is -2.51. The van der Waals surface area contributed by atoms with Gasteiger partial charge in [-0.3, -0.25) is 9.59 Å². The van der Waals surface area contributed by atoms with Gasteiger partial charge in [-0.15, -0.1) is 0 Å². The van der Waals surface area contributed by atoms with Crippen molar-refractivity contribution in [3.05, 3.63) is 16.3 Å². The fraction of sp³-hybridized carbons (Fsp3) is 0.500. The number of halogens is 3. The van der Waals surface area contributed by atoms with Crippen LogP contribution < -0.4 is 10.6 Å². The van der Waals surface area contributed by atoms with Crippen LogP contribution in [0.15, 0.2) is 0 Å². The Balaban J connectivity index is 2.84. The van der Waals surface area contributed by atoms with Gasteiger partial charge in [0.2, 0.25) is 11.8 Å². The number of hydrogen-bond donors (Lipinski definition) is 6. The monoisotopic (exact) mass is 732 g/mol. The van der Waals surface area contributed by atoms with E-state index < -0.39 is 30.5 Å². The molecule has 12 heteroatoms. The highest BCUT2D eigenvalue weighted by atomic mass is 127. The molecule has 0 radical (unpaired) electrons. The van der Waals surface area contributed by atoms with Gasteiger partial charge in [0, 0.05) is 26.6 Å². The van der Waals surface area contributed by atoms with Crippen LogP contribution >= 0.6 is 67.8 Å². The Morgan fingerprint density at radius 2 is 1.61 bits per heavy atom. The van der Waals surface area contributed by atoms with E-state index in [1.54, 1.807) is 0 Å². The number of amides is 2. The number of aliphatic hydroxyl groups excluding tert-OH is 3. The van der Waals surface area contributed by atoms with E-state index in [1.165, 1.54) is 13.8 Å². The smallest absolute Gasteiger partial charge is 0.221 e. The summed E-state index contributed by atoms with van der Waals surface area (Å²) in [4.78, 5) is 23.4. The largest absolute Gasteiger partial charge is 0.394 e. The summed E-state index contributed by atoms with van der Waals surface area (Å²) in [7, 11) is 0. The molecule has 1 heterocycles. The summed E-state index contributed by atoms with van der Waals surface area (Å²) in [6, 6.07) is 0. The second kappa shape index (κ2) is 9.52. The zero-order valence-electron chi connectivity index (χ0n) is 14.8. The van der Waals surface area contributed by atoms with Crippen LogP contribution in [0.5, 0.6) is 0 Å². The Morgan fingerprint density at radius 3 is 2.00 bits per heavy atom. The predicted octanol–water partition coefficient (Wildman–Crippen LogP) is 0.718. The fourth-order valence-corrected chi connectivity index (χ4v) is 7.60. The summed E-state index contributed by atoms with van der Waals surface area (Å²) in [5, 5.41) is 46.9. The maximum atomic E-state index is 11.7. The molecule has 9 nitrogen and oxygen atoms in total. The predicted molar refractivity (Wildman–Crippen MR) is 126 cm³/mol. The number of ether oxygens (including phenoxy) is 1. The molecule has 4 atom stereocenters. The van der Waals surface area contributed by atoms with Crippen molar-refractivity contribution >= 4 is 91.0 Å². The highest BCUT2D eigenvalue weighted by Gasteiger charge is 2.56. The van der Waals surface area contributed by atoms with Crippen LogP contribution in [-0.2, 0) is 19.9 Å². The number of benzene rings is 1. The summed E-state index contributed by atoms with van der Waals surface area (Å²) in [5.41, 5.74) is -1.21. The van der Waals surface area contributed by atoms with Crippen LogP contribution in [0.25, 0.3) is 0 Å². The molecule has 0 unspecified atom stereocenters. The highest BCUT2D eigenvalue weighted by Crippen LogP contribution is 2.48. The minimum atomic E-state index is -2.08. The molecule has 2 amide bonds. The van der Waals surface area contributed by atoms with Gasteiger partial charge in [-0.1, -0.05) is 0 Å². The number of rotatable bonds is 5. The third-order valence-corrected chi connectivity index (χ3v) is 7.47. The van der Waals surface area contributed by atoms with Crippen molar-refractivity contribution < 1.29 is 34.8 Å². The van der Waals surface area contributed by atoms with E-state index in [2.05, 4.69) is 10.6 Å². The molecule has 0 saturated carbocycles. The van der Waals surface area contributed by atoms with Gasteiger partial charge in [0.1, 0.15) is 23.9 Å². The number of aliphatic hydroxyl groups is 4. The minimum absolute atomic E-state index is 0.184. The maximum Gasteiger partial charge on any atom is 0.221 e. The molecule has 2 rings (SSSR count). The second-order valence-electron chi connectivity index (χ2n) is 6.27. The van der Waals surface area contributed by atoms with Gasteiger partial charge in [0.15, 0.2) is 0 Å². The minimum Gasteiger partial charge on any atom is -0.394 e. The average molecular weight is 732 g/mol. The number of anilines is 2. The van der Waals surface area contributed by atoms with E-state index in [0.717, 1.165) is 0 Å². The zero-order valence-corrected chi connectivity index (χ0v) is 21.3. The van der Waals surface area contributed by atoms with Crippen molar-refractivity contribution in [3.8, 4) is 0 Å². The van der Waals surface area contributed by atoms with E-state index in [0.29, 0.717) is 22.1 Å². The van der Waals surface area contributed by atoms with Crippen molar-refractivity contribution in [1.29, 1.82) is 0 Å². The fourth-order valence-electron chi connectivity index (χ4n) is 3.03. The summed E-state index contributed by atoms with van der Waals surface area (Å²) in [5.74, 6) is -0.724. The van der Waals surface area contributed by atoms with Crippen molar-refractivity contribution in [2.45, 2.75) is 37.8 Å². The Labute approximate surface area is 202 Å². The van der Waals surface area contributed by atoms with Crippen LogP contribution in [0.4, 0.5) is 11.4 Å². The SMILES string of the molecule is CC(=O)Nc1c(I)c(NC(C)=O)c(I)c([C@@]2(O)[C@@H]([C@H](O)CO)OC[C@@H]2O)c1I. The van der Waals surface area contributed by atoms with E-state index in [4.69, 9.17) is 4.74 Å². The topological polar surface area (TPSA) is 148 Å². The number of hydrogen-bond acceptors (Lipinski definition) is 7. The summed E-state index contributed by atoms with van der Waals surface area (Å²) in [6.45, 7) is 1.69. The number of carbonyl (C=O) groups excluding carboxylic acids is 2. The lowest BCUT2D eigenvalue weighted by Gasteiger charge is -2.36. The molecule has 0 spiro atoms. The summed E-state index contributed by atoms with van der Waals surface area (Å²) >= 11 is 5.82. The quantitative estimate of drug-likeness (QED) is 0.245. The van der Waals surface area contributed by atoms with E-state index >= 15 is 0 Å². The normalized spacial score (nSPS) is 25.5. The molecule has 156 valence electrons. The molecule has 1 aromatic rings. The first kappa shape index (κ1) is 24.4. The van der Waals surface area contributed by atoms with Gasteiger partial charge in [0.05, 0.1) is 28.2 Å². The molecule has 0 aliphatic carbocycles. The molecule has 1 aromatic carbocycles. The maximum absolute atomic E-state index is 11.7. The average Bonchev–Trinajstić information content (AvgIpc) is 2.90. The first-order valence-corrected chi connectivity index (χ1v) is 11.3. The Hall–Kier alpha value is 0.150. The number of carbonyl (C=O) groups is 2. The van der Waals surface area contributed by atoms with Gasteiger partial charge in [-0.25, -0.2) is 0 Å². The lowest BCUT2D eigenvalue weighted by molar-refractivity contribution is -0.133. The Morgan fingerprint density at radius 1 is 1.14 bits per heavy atom. The second-order valence-corrected chi connectivity index (χ2v) is 9.51. The molecular formula is C16H19I3N2O7. The van der Waals surface area contributed by atoms with Crippen molar-refractivity contribution in [2.75, 3.05) is 23.8 Å². The molecule has 1 aliphatic heterocycles. The molecule has 6 N–H and O–H groups in total. The van der Waals surface area contributed by atoms with Gasteiger partial charge in [-0.05, 0) is 67.8 Å². The van der Waals surface area contributed by atoms with Gasteiger partial charge < -0.3 is 35.8 Å². The van der Waals surface area contributed by atoms with Crippen LogP contribution in [0.3, 0.4) is 0 Å². The standard InChI is InChI=1S/C16H19I3N2O7/c1-5(23)20-13-10(17)9(11(18)14(12(13)19)21-6(2)24)16(27)8(26)4-28-15(16)7(25)3-22/h7-8,15,22,25-27H,3-4H2,1-2H3,(H,20,23)(H,21,24)/t7-,8+,15-,16-/m1/s1. The molecule has 1 saturated heterocycles. The van der Waals surface area contributed by atoms with Gasteiger partial charge in [0.25, 0.3) is 0 Å². The van der Waals surface area contributed by atoms with Gasteiger partial charge in [-0.2, -0.15) is 0 Å². The van der Waals surface area contributed by atoms with Crippen molar-refractivity contribution in [2.24, 2.45) is 0 Å². The molecule has 1 aliphatic rings. The molecule has 0 bridgehead atoms. The molecular weight excluding hydrogens is 713 g/mol. The van der Waals surface area contributed by atoms with E-state index in [-0.39, 0.29) is 24.0 Å². The molecule has 1 fully saturated rings. The zero-order chi connectivity index (χ0) is 21.4. The molecule has 0 aromatic heterocycles. The van der Waals surface area contributed by atoms with Crippen molar-refractivity contribution in [3.63, 3.8) is 0 Å². The third-order valence-electron chi connectivity index (χ3n) is 4.23. The summed E-state index contributed by atoms with van der Waals surface area (Å²) in [6.07, 6.45) is -4.18. The van der Waals surface area contributed by atoms with Gasteiger partial charge >= 0.3 is 0 Å². The lowest BCUT2D eigenvalue weighted by atomic mass is 9.82. The van der Waals surface area contributed by atoms with Crippen molar-refractivity contribution in [1.82, 2.24) is 0 Å². The Bertz CT molecular complexity index is 764. The van der Waals surface area contributed by atoms with Crippen LogP contribution in [0, 0.1) is 10.7 Å². The first-order valence-electron chi connectivity index (χ1n) is 8.03. The van der Waals surface area contributed by atoms with E-state index in [1.807, 2.05) is 67.8 Å². The third kappa shape index (κ3) is 4.42. The number of nitrogens with one attached hydrogen (secondary N) is 2. The Kier molecular flexibility index (Phi) is 8.31. The summed E-state index contributed by atoms with van der Waals surface area (Å²) < 4.78 is 6.75. The van der Waals surface area contributed by atoms with Crippen LogP contribution in [-0.4, -0.2) is 63.8 Å². The highest BCUT2D eigenvalue weighted by molar-refractivity contribution is 14.1.